The van der Waals surface area contributed by atoms with E-state index < -0.39 is 12.1 Å². The number of aliphatic hydroxyl groups is 2. The maximum absolute atomic E-state index is 12.4. The molecule has 0 aliphatic carbocycles. The van der Waals surface area contributed by atoms with Gasteiger partial charge in [0, 0.05) is 6.42 Å². The molecule has 0 fully saturated rings. The second kappa shape index (κ2) is 46.2. The van der Waals surface area contributed by atoms with Gasteiger partial charge < -0.3 is 15.5 Å². The molecule has 3 N–H and O–H groups in total. The summed E-state index contributed by atoms with van der Waals surface area (Å²) < 4.78 is 0. The van der Waals surface area contributed by atoms with Crippen molar-refractivity contribution in [3.8, 4) is 0 Å². The first-order valence-corrected chi connectivity index (χ1v) is 22.7. The minimum atomic E-state index is -0.676. The fourth-order valence-corrected chi connectivity index (χ4v) is 6.03. The lowest BCUT2D eigenvalue weighted by Gasteiger charge is -2.22. The molecule has 0 aliphatic heterocycles. The molecule has 0 heterocycles. The lowest BCUT2D eigenvalue weighted by Crippen LogP contribution is -2.45. The van der Waals surface area contributed by atoms with E-state index in [1.807, 2.05) is 0 Å². The van der Waals surface area contributed by atoms with Crippen molar-refractivity contribution in [1.29, 1.82) is 0 Å². The highest BCUT2D eigenvalue weighted by Crippen LogP contribution is 2.13. The third-order valence-electron chi connectivity index (χ3n) is 9.49. The van der Waals surface area contributed by atoms with Crippen molar-refractivity contribution < 1.29 is 15.0 Å². The van der Waals surface area contributed by atoms with E-state index in [0.29, 0.717) is 12.8 Å². The smallest absolute Gasteiger partial charge is 0.220 e. The summed E-state index contributed by atoms with van der Waals surface area (Å²) in [6, 6.07) is -0.556. The van der Waals surface area contributed by atoms with Gasteiger partial charge in [-0.1, -0.05) is 206 Å². The summed E-state index contributed by atoms with van der Waals surface area (Å²) in [6.45, 7) is 4.19. The summed E-state index contributed by atoms with van der Waals surface area (Å²) in [4.78, 5) is 12.4. The monoisotopic (exact) mass is 772 g/mol. The summed E-state index contributed by atoms with van der Waals surface area (Å²) in [5.74, 6) is -0.0648. The molecular formula is C52H85NO3. The molecule has 0 saturated heterocycles. The summed E-state index contributed by atoms with van der Waals surface area (Å²) in [6.07, 6.45) is 71.4. The van der Waals surface area contributed by atoms with Crippen LogP contribution < -0.4 is 5.32 Å². The zero-order valence-electron chi connectivity index (χ0n) is 36.1. The van der Waals surface area contributed by atoms with E-state index in [1.165, 1.54) is 44.9 Å². The van der Waals surface area contributed by atoms with Crippen LogP contribution in [0.25, 0.3) is 0 Å². The van der Waals surface area contributed by atoms with Gasteiger partial charge in [-0.15, -0.1) is 0 Å². The zero-order chi connectivity index (χ0) is 40.7. The first-order chi connectivity index (χ1) is 27.7. The van der Waals surface area contributed by atoms with Crippen LogP contribution in [0.4, 0.5) is 0 Å². The van der Waals surface area contributed by atoms with Gasteiger partial charge in [-0.2, -0.15) is 0 Å². The number of rotatable bonds is 39. The predicted octanol–water partition coefficient (Wildman–Crippen LogP) is 14.6. The Morgan fingerprint density at radius 1 is 0.446 bits per heavy atom. The Morgan fingerprint density at radius 2 is 0.786 bits per heavy atom. The standard InChI is InChI=1S/C52H85NO3/c1-3-5-7-9-11-13-14-15-16-17-18-19-20-21-22-23-24-25-26-27-28-29-30-31-32-33-34-35-36-37-38-40-42-44-46-48-52(56)53-50(49-54)51(55)47-45-43-41-39-12-10-8-6-4-2/h5,7,11,13,15-16,18-19,21-22,24-25,27-28,30-31,33-34,36-37,50-51,54-55H,3-4,6,8-10,12,14,17,20,23,26,29,32,35,38-49H2,1-2H3,(H,53,56)/b7-5-,13-11-,16-15-,19-18-,22-21-,25-24-,28-27-,31-30-,34-33-,37-36-. The highest BCUT2D eigenvalue weighted by molar-refractivity contribution is 5.76. The molecule has 2 unspecified atom stereocenters. The molecule has 4 nitrogen and oxygen atoms in total. The molecule has 0 saturated carbocycles. The molecule has 0 radical (unpaired) electrons. The topological polar surface area (TPSA) is 69.6 Å². The van der Waals surface area contributed by atoms with E-state index in [0.717, 1.165) is 109 Å². The van der Waals surface area contributed by atoms with Gasteiger partial charge in [-0.3, -0.25) is 4.79 Å². The highest BCUT2D eigenvalue weighted by atomic mass is 16.3. The third kappa shape index (κ3) is 41.9. The minimum absolute atomic E-state index is 0.0648. The van der Waals surface area contributed by atoms with Crippen LogP contribution in [0, 0.1) is 0 Å². The highest BCUT2D eigenvalue weighted by Gasteiger charge is 2.19. The zero-order valence-corrected chi connectivity index (χ0v) is 36.1. The molecule has 0 aromatic heterocycles. The molecule has 0 aromatic carbocycles. The van der Waals surface area contributed by atoms with Crippen molar-refractivity contribution in [3.63, 3.8) is 0 Å². The quantitative estimate of drug-likeness (QED) is 0.0430. The molecule has 56 heavy (non-hydrogen) atoms. The van der Waals surface area contributed by atoms with Gasteiger partial charge in [0.2, 0.25) is 5.91 Å². The summed E-state index contributed by atoms with van der Waals surface area (Å²) in [5.41, 5.74) is 0. The van der Waals surface area contributed by atoms with E-state index in [2.05, 4.69) is 141 Å². The Balaban J connectivity index is 3.69. The number of unbranched alkanes of at least 4 members (excludes halogenated alkanes) is 12. The Morgan fingerprint density at radius 3 is 1.18 bits per heavy atom. The van der Waals surface area contributed by atoms with Crippen molar-refractivity contribution in [2.24, 2.45) is 0 Å². The van der Waals surface area contributed by atoms with Gasteiger partial charge in [0.1, 0.15) is 0 Å². The number of amides is 1. The number of allylic oxidation sites excluding steroid dienone is 20. The van der Waals surface area contributed by atoms with Gasteiger partial charge in [0.05, 0.1) is 18.8 Å². The van der Waals surface area contributed by atoms with E-state index in [4.69, 9.17) is 0 Å². The number of carbonyl (C=O) groups is 1. The van der Waals surface area contributed by atoms with Gasteiger partial charge >= 0.3 is 0 Å². The Labute approximate surface area is 346 Å². The number of nitrogens with one attached hydrogen (secondary N) is 1. The fourth-order valence-electron chi connectivity index (χ4n) is 6.03. The van der Waals surface area contributed by atoms with Crippen LogP contribution in [0.1, 0.15) is 181 Å². The molecule has 2 atom stereocenters. The van der Waals surface area contributed by atoms with E-state index >= 15 is 0 Å². The molecule has 4 heteroatoms. The van der Waals surface area contributed by atoms with Crippen molar-refractivity contribution in [2.75, 3.05) is 6.61 Å². The predicted molar refractivity (Wildman–Crippen MR) is 248 cm³/mol. The second-order valence-electron chi connectivity index (χ2n) is 14.7. The summed E-state index contributed by atoms with van der Waals surface area (Å²) >= 11 is 0. The van der Waals surface area contributed by atoms with Gasteiger partial charge in [0.25, 0.3) is 0 Å². The Kier molecular flexibility index (Phi) is 43.5. The molecule has 316 valence electrons. The second-order valence-corrected chi connectivity index (χ2v) is 14.7. The SMILES string of the molecule is CC/C=C\C/C=C\C/C=C\C/C=C\C/C=C\C/C=C\C/C=C\C/C=C\C/C=C\C/C=C\CCCCCCC(=O)NC(CO)C(O)CCCCCCCCCCC. The fraction of sp³-hybridized carbons (Fsp3) is 0.596. The van der Waals surface area contributed by atoms with Crippen molar-refractivity contribution in [1.82, 2.24) is 5.32 Å². The van der Waals surface area contributed by atoms with Crippen molar-refractivity contribution in [2.45, 2.75) is 193 Å². The van der Waals surface area contributed by atoms with Crippen LogP contribution in [0.2, 0.25) is 0 Å². The van der Waals surface area contributed by atoms with E-state index in [-0.39, 0.29) is 12.5 Å². The molecule has 0 bridgehead atoms. The average Bonchev–Trinajstić information content (AvgIpc) is 3.20. The maximum atomic E-state index is 12.4. The molecule has 0 aromatic rings. The van der Waals surface area contributed by atoms with Crippen LogP contribution in [-0.2, 0) is 4.79 Å². The van der Waals surface area contributed by atoms with Gasteiger partial charge in [0.15, 0.2) is 0 Å². The van der Waals surface area contributed by atoms with E-state index in [9.17, 15) is 15.0 Å². The van der Waals surface area contributed by atoms with Crippen LogP contribution >= 0.6 is 0 Å². The molecule has 0 spiro atoms. The molecular weight excluding hydrogens is 687 g/mol. The number of hydrogen-bond donors (Lipinski definition) is 3. The summed E-state index contributed by atoms with van der Waals surface area (Å²) in [7, 11) is 0. The Hall–Kier alpha value is -3.21. The van der Waals surface area contributed by atoms with Crippen LogP contribution in [-0.4, -0.2) is 34.9 Å². The summed E-state index contributed by atoms with van der Waals surface area (Å²) in [5, 5.41) is 23.0. The van der Waals surface area contributed by atoms with Crippen molar-refractivity contribution >= 4 is 5.91 Å². The van der Waals surface area contributed by atoms with Crippen LogP contribution in [0.3, 0.4) is 0 Å². The first kappa shape index (κ1) is 52.8. The number of carbonyl (C=O) groups excluding carboxylic acids is 1. The number of aliphatic hydroxyl groups excluding tert-OH is 2. The lowest BCUT2D eigenvalue weighted by molar-refractivity contribution is -0.123. The lowest BCUT2D eigenvalue weighted by atomic mass is 10.0. The first-order valence-electron chi connectivity index (χ1n) is 22.7. The maximum Gasteiger partial charge on any atom is 0.220 e. The Bertz CT molecular complexity index is 1150. The van der Waals surface area contributed by atoms with Crippen LogP contribution in [0.15, 0.2) is 122 Å². The van der Waals surface area contributed by atoms with Gasteiger partial charge in [-0.25, -0.2) is 0 Å². The normalized spacial score (nSPS) is 14.1. The molecule has 0 rings (SSSR count). The van der Waals surface area contributed by atoms with E-state index in [1.54, 1.807) is 0 Å². The largest absolute Gasteiger partial charge is 0.394 e. The van der Waals surface area contributed by atoms with Crippen LogP contribution in [0.5, 0.6) is 0 Å². The molecule has 1 amide bonds. The van der Waals surface area contributed by atoms with Crippen molar-refractivity contribution in [3.05, 3.63) is 122 Å². The average molecular weight is 772 g/mol. The third-order valence-corrected chi connectivity index (χ3v) is 9.49. The number of hydrogen-bond acceptors (Lipinski definition) is 3. The minimum Gasteiger partial charge on any atom is -0.394 e. The molecule has 0 aliphatic rings. The van der Waals surface area contributed by atoms with Gasteiger partial charge in [-0.05, 0) is 89.9 Å².